The smallest absolute Gasteiger partial charge is 0.410 e. The van der Waals surface area contributed by atoms with Gasteiger partial charge >= 0.3 is 12.1 Å². The number of amides is 2. The van der Waals surface area contributed by atoms with Crippen LogP contribution >= 0.6 is 0 Å². The van der Waals surface area contributed by atoms with Crippen molar-refractivity contribution in [3.8, 4) is 0 Å². The number of methoxy groups -OCH3 is 1. The van der Waals surface area contributed by atoms with Gasteiger partial charge < -0.3 is 24.4 Å². The monoisotopic (exact) mass is 316 g/mol. The van der Waals surface area contributed by atoms with E-state index in [-0.39, 0.29) is 19.5 Å². The lowest BCUT2D eigenvalue weighted by molar-refractivity contribution is -0.151. The van der Waals surface area contributed by atoms with Crippen molar-refractivity contribution in [1.29, 1.82) is 0 Å². The molecule has 1 unspecified atom stereocenters. The molecule has 1 aliphatic heterocycles. The van der Waals surface area contributed by atoms with E-state index in [4.69, 9.17) is 4.74 Å². The predicted molar refractivity (Wildman–Crippen MR) is 77.0 cm³/mol. The van der Waals surface area contributed by atoms with E-state index < -0.39 is 35.7 Å². The van der Waals surface area contributed by atoms with Crippen LogP contribution in [0.25, 0.3) is 0 Å². The molecule has 0 aromatic carbocycles. The highest BCUT2D eigenvalue weighted by Crippen LogP contribution is 2.19. The molecule has 0 bridgehead atoms. The SMILES string of the molecule is COC(=O)[C@@H]1CC(O)CN1C(=O)CN(C)C(=O)OC(C)(C)C. The van der Waals surface area contributed by atoms with Crippen molar-refractivity contribution in [3.05, 3.63) is 0 Å². The van der Waals surface area contributed by atoms with Crippen LogP contribution < -0.4 is 0 Å². The van der Waals surface area contributed by atoms with Crippen LogP contribution in [0.3, 0.4) is 0 Å². The Morgan fingerprint density at radius 3 is 2.41 bits per heavy atom. The first-order valence-corrected chi connectivity index (χ1v) is 7.04. The van der Waals surface area contributed by atoms with E-state index in [2.05, 4.69) is 4.74 Å². The molecule has 0 aliphatic carbocycles. The Hall–Kier alpha value is -1.83. The van der Waals surface area contributed by atoms with Crippen molar-refractivity contribution >= 4 is 18.0 Å². The van der Waals surface area contributed by atoms with Crippen LogP contribution in [0.4, 0.5) is 4.79 Å². The van der Waals surface area contributed by atoms with Gasteiger partial charge in [0.1, 0.15) is 18.2 Å². The fourth-order valence-electron chi connectivity index (χ4n) is 2.15. The van der Waals surface area contributed by atoms with E-state index in [9.17, 15) is 19.5 Å². The minimum Gasteiger partial charge on any atom is -0.467 e. The number of esters is 1. The summed E-state index contributed by atoms with van der Waals surface area (Å²) in [5.74, 6) is -1.02. The standard InChI is InChI=1S/C14H24N2O6/c1-14(2,3)22-13(20)15(4)8-11(18)16-7-9(17)6-10(16)12(19)21-5/h9-10,17H,6-8H2,1-5H3/t9?,10-/m0/s1. The highest BCUT2D eigenvalue weighted by molar-refractivity contribution is 5.88. The average Bonchev–Trinajstić information content (AvgIpc) is 2.77. The quantitative estimate of drug-likeness (QED) is 0.736. The molecular weight excluding hydrogens is 292 g/mol. The summed E-state index contributed by atoms with van der Waals surface area (Å²) in [6.07, 6.45) is -1.27. The number of β-amino-alcohol motifs (C(OH)–C–C–N with tert-alkyl or cyclic N) is 1. The average molecular weight is 316 g/mol. The van der Waals surface area contributed by atoms with Crippen LogP contribution in [0.15, 0.2) is 0 Å². The lowest BCUT2D eigenvalue weighted by Crippen LogP contribution is -2.47. The van der Waals surface area contributed by atoms with Gasteiger partial charge in [-0.3, -0.25) is 4.79 Å². The second-order valence-electron chi connectivity index (χ2n) is 6.31. The lowest BCUT2D eigenvalue weighted by Gasteiger charge is -2.27. The second kappa shape index (κ2) is 6.95. The zero-order valence-electron chi connectivity index (χ0n) is 13.7. The van der Waals surface area contributed by atoms with Crippen molar-refractivity contribution in [2.45, 2.75) is 44.9 Å². The van der Waals surface area contributed by atoms with Crippen molar-refractivity contribution in [1.82, 2.24) is 9.80 Å². The molecule has 0 spiro atoms. The van der Waals surface area contributed by atoms with Crippen LogP contribution in [-0.2, 0) is 19.1 Å². The molecular formula is C14H24N2O6. The van der Waals surface area contributed by atoms with Gasteiger partial charge in [-0.15, -0.1) is 0 Å². The molecule has 126 valence electrons. The highest BCUT2D eigenvalue weighted by atomic mass is 16.6. The molecule has 1 rings (SSSR count). The minimum absolute atomic E-state index is 0.0424. The van der Waals surface area contributed by atoms with Crippen molar-refractivity contribution in [2.75, 3.05) is 27.2 Å². The van der Waals surface area contributed by atoms with Crippen molar-refractivity contribution in [3.63, 3.8) is 0 Å². The molecule has 0 saturated carbocycles. The predicted octanol–water partition coefficient (Wildman–Crippen LogP) is -0.0119. The van der Waals surface area contributed by atoms with E-state index in [0.717, 1.165) is 4.90 Å². The summed E-state index contributed by atoms with van der Waals surface area (Å²) in [4.78, 5) is 38.1. The fraction of sp³-hybridized carbons (Fsp3) is 0.786. The molecule has 1 heterocycles. The van der Waals surface area contributed by atoms with Gasteiger partial charge in [0.05, 0.1) is 13.2 Å². The Balaban J connectivity index is 2.67. The summed E-state index contributed by atoms with van der Waals surface area (Å²) < 4.78 is 9.79. The van der Waals surface area contributed by atoms with Gasteiger partial charge in [-0.1, -0.05) is 0 Å². The Labute approximate surface area is 130 Å². The van der Waals surface area contributed by atoms with Crippen LogP contribution in [0.2, 0.25) is 0 Å². The van der Waals surface area contributed by atoms with E-state index in [1.54, 1.807) is 20.8 Å². The molecule has 8 nitrogen and oxygen atoms in total. The van der Waals surface area contributed by atoms with Gasteiger partial charge in [-0.05, 0) is 20.8 Å². The first-order valence-electron chi connectivity index (χ1n) is 7.04. The molecule has 2 amide bonds. The van der Waals surface area contributed by atoms with E-state index in [1.807, 2.05) is 0 Å². The summed E-state index contributed by atoms with van der Waals surface area (Å²) in [5.41, 5.74) is -0.660. The van der Waals surface area contributed by atoms with Crippen LogP contribution in [0.5, 0.6) is 0 Å². The molecule has 0 aromatic heterocycles. The van der Waals surface area contributed by atoms with E-state index >= 15 is 0 Å². The van der Waals surface area contributed by atoms with Crippen molar-refractivity contribution < 1.29 is 29.0 Å². The van der Waals surface area contributed by atoms with Crippen LogP contribution in [-0.4, -0.2) is 77.9 Å². The number of ether oxygens (including phenoxy) is 2. The van der Waals surface area contributed by atoms with Gasteiger partial charge in [0.25, 0.3) is 0 Å². The molecule has 1 aliphatic rings. The Kier molecular flexibility index (Phi) is 5.76. The Bertz CT molecular complexity index is 445. The molecule has 1 N–H and O–H groups in total. The number of hydrogen-bond acceptors (Lipinski definition) is 6. The fourth-order valence-corrected chi connectivity index (χ4v) is 2.15. The highest BCUT2D eigenvalue weighted by Gasteiger charge is 2.40. The molecule has 1 saturated heterocycles. The third kappa shape index (κ3) is 4.87. The zero-order chi connectivity index (χ0) is 17.1. The molecule has 22 heavy (non-hydrogen) atoms. The molecule has 0 radical (unpaired) electrons. The number of rotatable bonds is 3. The normalized spacial score (nSPS) is 21.5. The van der Waals surface area contributed by atoms with Crippen LogP contribution in [0, 0.1) is 0 Å². The van der Waals surface area contributed by atoms with Gasteiger partial charge in [0.2, 0.25) is 5.91 Å². The third-order valence-electron chi connectivity index (χ3n) is 3.15. The summed E-state index contributed by atoms with van der Waals surface area (Å²) in [5, 5.41) is 9.65. The molecule has 8 heteroatoms. The Morgan fingerprint density at radius 1 is 1.32 bits per heavy atom. The minimum atomic E-state index is -0.820. The lowest BCUT2D eigenvalue weighted by atomic mass is 10.2. The largest absolute Gasteiger partial charge is 0.467 e. The number of aliphatic hydroxyl groups excluding tert-OH is 1. The maximum Gasteiger partial charge on any atom is 0.410 e. The number of aliphatic hydroxyl groups is 1. The van der Waals surface area contributed by atoms with E-state index in [0.29, 0.717) is 0 Å². The maximum absolute atomic E-state index is 12.3. The van der Waals surface area contributed by atoms with Crippen LogP contribution in [0.1, 0.15) is 27.2 Å². The summed E-state index contributed by atoms with van der Waals surface area (Å²) in [6.45, 7) is 4.98. The van der Waals surface area contributed by atoms with Crippen molar-refractivity contribution in [2.24, 2.45) is 0 Å². The summed E-state index contributed by atoms with van der Waals surface area (Å²) in [7, 11) is 2.66. The molecule has 1 fully saturated rings. The first kappa shape index (κ1) is 18.2. The summed E-state index contributed by atoms with van der Waals surface area (Å²) in [6, 6.07) is -0.820. The number of hydrogen-bond donors (Lipinski definition) is 1. The maximum atomic E-state index is 12.3. The molecule has 0 aromatic rings. The number of likely N-dealkylation sites (N-methyl/N-ethyl adjacent to an activating group) is 1. The van der Waals surface area contributed by atoms with Gasteiger partial charge in [0.15, 0.2) is 0 Å². The van der Waals surface area contributed by atoms with Gasteiger partial charge in [0, 0.05) is 20.0 Å². The number of carbonyl (C=O) groups excluding carboxylic acids is 3. The second-order valence-corrected chi connectivity index (χ2v) is 6.31. The first-order chi connectivity index (χ1) is 10.0. The van der Waals surface area contributed by atoms with Gasteiger partial charge in [-0.25, -0.2) is 9.59 Å². The zero-order valence-corrected chi connectivity index (χ0v) is 13.7. The summed E-state index contributed by atoms with van der Waals surface area (Å²) >= 11 is 0. The topological polar surface area (TPSA) is 96.4 Å². The van der Waals surface area contributed by atoms with Gasteiger partial charge in [-0.2, -0.15) is 0 Å². The number of carbonyl (C=O) groups is 3. The molecule has 2 atom stereocenters. The number of likely N-dealkylation sites (tertiary alicyclic amines) is 1. The Morgan fingerprint density at radius 2 is 1.91 bits per heavy atom. The van der Waals surface area contributed by atoms with E-state index in [1.165, 1.54) is 19.1 Å². The third-order valence-corrected chi connectivity index (χ3v) is 3.15. The number of nitrogens with zero attached hydrogens (tertiary/aromatic N) is 2.